The molecule has 1 aromatic heterocycles. The molecule has 1 fully saturated rings. The topological polar surface area (TPSA) is 88.2 Å². The Hall–Kier alpha value is -1.63. The van der Waals surface area contributed by atoms with Crippen molar-refractivity contribution in [3.05, 3.63) is 24.0 Å². The Morgan fingerprint density at radius 3 is 2.95 bits per heavy atom. The summed E-state index contributed by atoms with van der Waals surface area (Å²) in [6.45, 7) is 0.166. The standard InChI is InChI=1S/C12H17N3O3S/c1-13-11-4-5-14-8-10(11)12(16)15-7-9-3-2-6-19(9,17)18/h4-5,8-9H,2-3,6-7H2,1H3,(H,13,14)(H,15,16). The third-order valence-corrected chi connectivity index (χ3v) is 5.56. The lowest BCUT2D eigenvalue weighted by Gasteiger charge is -2.12. The number of hydrogen-bond acceptors (Lipinski definition) is 5. The molecule has 1 aliphatic rings. The molecule has 2 N–H and O–H groups in total. The number of pyridine rings is 1. The second kappa shape index (κ2) is 5.56. The minimum atomic E-state index is -3.03. The van der Waals surface area contributed by atoms with Gasteiger partial charge in [-0.1, -0.05) is 0 Å². The molecular weight excluding hydrogens is 266 g/mol. The molecule has 1 atom stereocenters. The number of nitrogens with one attached hydrogen (secondary N) is 2. The number of carbonyl (C=O) groups excluding carboxylic acids is 1. The SMILES string of the molecule is CNc1ccncc1C(=O)NCC1CCCS1(=O)=O. The van der Waals surface area contributed by atoms with E-state index in [1.807, 2.05) is 0 Å². The van der Waals surface area contributed by atoms with Crippen LogP contribution >= 0.6 is 0 Å². The molecule has 7 heteroatoms. The summed E-state index contributed by atoms with van der Waals surface area (Å²) >= 11 is 0. The van der Waals surface area contributed by atoms with Gasteiger partial charge >= 0.3 is 0 Å². The molecular formula is C12H17N3O3S. The number of amides is 1. The molecule has 104 valence electrons. The van der Waals surface area contributed by atoms with Crippen molar-refractivity contribution in [3.63, 3.8) is 0 Å². The van der Waals surface area contributed by atoms with E-state index in [1.165, 1.54) is 6.20 Å². The summed E-state index contributed by atoms with van der Waals surface area (Å²) in [5, 5.41) is 5.12. The van der Waals surface area contributed by atoms with E-state index < -0.39 is 15.1 Å². The number of hydrogen-bond donors (Lipinski definition) is 2. The van der Waals surface area contributed by atoms with Gasteiger partial charge < -0.3 is 10.6 Å². The Morgan fingerprint density at radius 2 is 2.32 bits per heavy atom. The average molecular weight is 283 g/mol. The number of aromatic nitrogens is 1. The summed E-state index contributed by atoms with van der Waals surface area (Å²) in [5.41, 5.74) is 1.09. The van der Waals surface area contributed by atoms with Gasteiger partial charge in [-0.3, -0.25) is 9.78 Å². The second-order valence-corrected chi connectivity index (χ2v) is 6.91. The molecule has 0 bridgehead atoms. The summed E-state index contributed by atoms with van der Waals surface area (Å²) in [5.74, 6) is -0.0816. The summed E-state index contributed by atoms with van der Waals surface area (Å²) < 4.78 is 23.3. The monoisotopic (exact) mass is 283 g/mol. The predicted molar refractivity (Wildman–Crippen MR) is 72.9 cm³/mol. The fraction of sp³-hybridized carbons (Fsp3) is 0.500. The van der Waals surface area contributed by atoms with Crippen LogP contribution in [0, 0.1) is 0 Å². The lowest BCUT2D eigenvalue weighted by molar-refractivity contribution is 0.0954. The molecule has 0 radical (unpaired) electrons. The first-order valence-electron chi connectivity index (χ1n) is 6.16. The van der Waals surface area contributed by atoms with Crippen molar-refractivity contribution in [3.8, 4) is 0 Å². The maximum atomic E-state index is 12.0. The molecule has 19 heavy (non-hydrogen) atoms. The first kappa shape index (κ1) is 13.8. The first-order chi connectivity index (χ1) is 9.04. The maximum Gasteiger partial charge on any atom is 0.254 e. The van der Waals surface area contributed by atoms with E-state index in [2.05, 4.69) is 15.6 Å². The van der Waals surface area contributed by atoms with Gasteiger partial charge in [0.2, 0.25) is 0 Å². The zero-order valence-electron chi connectivity index (χ0n) is 10.7. The lowest BCUT2D eigenvalue weighted by Crippen LogP contribution is -2.34. The Labute approximate surface area is 112 Å². The molecule has 2 heterocycles. The van der Waals surface area contributed by atoms with Crippen LogP contribution in [0.1, 0.15) is 23.2 Å². The number of anilines is 1. The van der Waals surface area contributed by atoms with E-state index in [1.54, 1.807) is 19.3 Å². The Balaban J connectivity index is 2.02. The summed E-state index contributed by atoms with van der Waals surface area (Å²) in [4.78, 5) is 15.9. The quantitative estimate of drug-likeness (QED) is 0.836. The fourth-order valence-electron chi connectivity index (χ4n) is 2.18. The van der Waals surface area contributed by atoms with Crippen LogP contribution in [0.5, 0.6) is 0 Å². The molecule has 0 spiro atoms. The van der Waals surface area contributed by atoms with Crippen molar-refractivity contribution in [1.29, 1.82) is 0 Å². The van der Waals surface area contributed by atoms with Gasteiger partial charge in [0.25, 0.3) is 5.91 Å². The zero-order chi connectivity index (χ0) is 13.9. The van der Waals surface area contributed by atoms with Crippen LogP contribution in [0.4, 0.5) is 5.69 Å². The number of carbonyl (C=O) groups is 1. The van der Waals surface area contributed by atoms with E-state index in [-0.39, 0.29) is 18.2 Å². The van der Waals surface area contributed by atoms with Crippen molar-refractivity contribution in [1.82, 2.24) is 10.3 Å². The highest BCUT2D eigenvalue weighted by Crippen LogP contribution is 2.19. The lowest BCUT2D eigenvalue weighted by atomic mass is 10.2. The Bertz CT molecular complexity index is 571. The van der Waals surface area contributed by atoms with Crippen LogP contribution < -0.4 is 10.6 Å². The normalized spacial score (nSPS) is 21.0. The van der Waals surface area contributed by atoms with Gasteiger partial charge in [0.15, 0.2) is 9.84 Å². The second-order valence-electron chi connectivity index (χ2n) is 4.51. The van der Waals surface area contributed by atoms with E-state index in [0.29, 0.717) is 24.1 Å². The molecule has 2 rings (SSSR count). The van der Waals surface area contributed by atoms with Crippen molar-refractivity contribution >= 4 is 21.4 Å². The van der Waals surface area contributed by atoms with Gasteiger partial charge in [0.1, 0.15) is 0 Å². The molecule has 1 saturated heterocycles. The van der Waals surface area contributed by atoms with E-state index in [9.17, 15) is 13.2 Å². The summed E-state index contributed by atoms with van der Waals surface area (Å²) in [6, 6.07) is 1.70. The largest absolute Gasteiger partial charge is 0.387 e. The molecule has 0 aliphatic carbocycles. The van der Waals surface area contributed by atoms with Gasteiger partial charge in [-0.15, -0.1) is 0 Å². The molecule has 1 aromatic rings. The third kappa shape index (κ3) is 3.04. The van der Waals surface area contributed by atoms with Crippen LogP contribution in [-0.2, 0) is 9.84 Å². The van der Waals surface area contributed by atoms with Gasteiger partial charge in [-0.05, 0) is 18.9 Å². The van der Waals surface area contributed by atoms with E-state index in [0.717, 1.165) is 0 Å². The summed E-state index contributed by atoms with van der Waals surface area (Å²) in [7, 11) is -1.31. The van der Waals surface area contributed by atoms with Crippen molar-refractivity contribution < 1.29 is 13.2 Å². The molecule has 1 amide bonds. The molecule has 6 nitrogen and oxygen atoms in total. The highest BCUT2D eigenvalue weighted by molar-refractivity contribution is 7.92. The van der Waals surface area contributed by atoms with Gasteiger partial charge in [0, 0.05) is 31.7 Å². The minimum Gasteiger partial charge on any atom is -0.387 e. The third-order valence-electron chi connectivity index (χ3n) is 3.29. The molecule has 0 aromatic carbocycles. The van der Waals surface area contributed by atoms with Crippen LogP contribution in [-0.4, -0.2) is 43.9 Å². The molecule has 1 aliphatic heterocycles. The fourth-order valence-corrected chi connectivity index (χ4v) is 3.95. The van der Waals surface area contributed by atoms with Crippen molar-refractivity contribution in [2.75, 3.05) is 24.7 Å². The first-order valence-corrected chi connectivity index (χ1v) is 7.87. The van der Waals surface area contributed by atoms with Gasteiger partial charge in [-0.2, -0.15) is 0 Å². The predicted octanol–water partition coefficient (Wildman–Crippen LogP) is 0.430. The highest BCUT2D eigenvalue weighted by atomic mass is 32.2. The van der Waals surface area contributed by atoms with Gasteiger partial charge in [0.05, 0.1) is 16.6 Å². The number of nitrogens with zero attached hydrogens (tertiary/aromatic N) is 1. The maximum absolute atomic E-state index is 12.0. The van der Waals surface area contributed by atoms with E-state index >= 15 is 0 Å². The molecule has 0 saturated carbocycles. The Morgan fingerprint density at radius 1 is 1.53 bits per heavy atom. The molecule has 1 unspecified atom stereocenters. The summed E-state index contributed by atoms with van der Waals surface area (Å²) in [6.07, 6.45) is 4.35. The van der Waals surface area contributed by atoms with Crippen LogP contribution in [0.25, 0.3) is 0 Å². The number of sulfone groups is 1. The van der Waals surface area contributed by atoms with Gasteiger partial charge in [-0.25, -0.2) is 8.42 Å². The van der Waals surface area contributed by atoms with Crippen molar-refractivity contribution in [2.45, 2.75) is 18.1 Å². The van der Waals surface area contributed by atoms with Crippen LogP contribution in [0.2, 0.25) is 0 Å². The zero-order valence-corrected chi connectivity index (χ0v) is 11.5. The highest BCUT2D eigenvalue weighted by Gasteiger charge is 2.31. The average Bonchev–Trinajstić information content (AvgIpc) is 2.75. The minimum absolute atomic E-state index is 0.166. The van der Waals surface area contributed by atoms with E-state index in [4.69, 9.17) is 0 Å². The number of rotatable bonds is 4. The smallest absolute Gasteiger partial charge is 0.254 e. The van der Waals surface area contributed by atoms with Crippen LogP contribution in [0.3, 0.4) is 0 Å². The van der Waals surface area contributed by atoms with Crippen LogP contribution in [0.15, 0.2) is 18.5 Å². The Kier molecular flexibility index (Phi) is 4.04. The van der Waals surface area contributed by atoms with Crippen molar-refractivity contribution in [2.24, 2.45) is 0 Å².